The molecule has 2 aromatic rings. The zero-order valence-electron chi connectivity index (χ0n) is 8.16. The lowest BCUT2D eigenvalue weighted by Gasteiger charge is -2.01. The Balaban J connectivity index is 2.05. The lowest BCUT2D eigenvalue weighted by molar-refractivity contribution is 0.392. The van der Waals surface area contributed by atoms with Gasteiger partial charge in [0, 0.05) is 12.1 Å². The van der Waals surface area contributed by atoms with Crippen LogP contribution in [0.4, 0.5) is 5.82 Å². The van der Waals surface area contributed by atoms with Gasteiger partial charge in [0.1, 0.15) is 11.6 Å². The summed E-state index contributed by atoms with van der Waals surface area (Å²) in [6, 6.07) is 0. The Morgan fingerprint density at radius 1 is 1.50 bits per heavy atom. The molecule has 0 spiro atoms. The van der Waals surface area contributed by atoms with Crippen LogP contribution in [0.5, 0.6) is 0 Å². The SMILES string of the molecule is Cc1noc(C)c1CNc1cnc[nH]1. The molecule has 2 aromatic heterocycles. The average molecular weight is 192 g/mol. The van der Waals surface area contributed by atoms with Crippen molar-refractivity contribution in [2.75, 3.05) is 5.32 Å². The summed E-state index contributed by atoms with van der Waals surface area (Å²) < 4.78 is 5.05. The number of H-pyrrole nitrogens is 1. The summed E-state index contributed by atoms with van der Waals surface area (Å²) in [4.78, 5) is 6.88. The van der Waals surface area contributed by atoms with Gasteiger partial charge in [-0.15, -0.1) is 0 Å². The van der Waals surface area contributed by atoms with E-state index in [1.807, 2.05) is 13.8 Å². The van der Waals surface area contributed by atoms with Gasteiger partial charge in [0.25, 0.3) is 0 Å². The van der Waals surface area contributed by atoms with Crippen molar-refractivity contribution in [2.24, 2.45) is 0 Å². The topological polar surface area (TPSA) is 66.7 Å². The Morgan fingerprint density at radius 2 is 2.36 bits per heavy atom. The van der Waals surface area contributed by atoms with Gasteiger partial charge in [0.2, 0.25) is 0 Å². The number of anilines is 1. The van der Waals surface area contributed by atoms with E-state index in [-0.39, 0.29) is 0 Å². The van der Waals surface area contributed by atoms with Gasteiger partial charge in [-0.25, -0.2) is 4.98 Å². The van der Waals surface area contributed by atoms with Gasteiger partial charge >= 0.3 is 0 Å². The van der Waals surface area contributed by atoms with Gasteiger partial charge in [-0.1, -0.05) is 5.16 Å². The van der Waals surface area contributed by atoms with E-state index in [0.29, 0.717) is 6.54 Å². The molecule has 0 amide bonds. The Hall–Kier alpha value is -1.78. The van der Waals surface area contributed by atoms with Crippen molar-refractivity contribution < 1.29 is 4.52 Å². The first kappa shape index (κ1) is 8.80. The van der Waals surface area contributed by atoms with Crippen molar-refractivity contribution in [3.8, 4) is 0 Å². The fourth-order valence-corrected chi connectivity index (χ4v) is 1.29. The Kier molecular flexibility index (Phi) is 2.22. The van der Waals surface area contributed by atoms with Crippen molar-refractivity contribution in [1.82, 2.24) is 15.1 Å². The van der Waals surface area contributed by atoms with E-state index in [2.05, 4.69) is 20.4 Å². The van der Waals surface area contributed by atoms with Crippen LogP contribution in [0.15, 0.2) is 17.0 Å². The van der Waals surface area contributed by atoms with Gasteiger partial charge in [0.15, 0.2) is 0 Å². The molecule has 5 heteroatoms. The van der Waals surface area contributed by atoms with Gasteiger partial charge in [-0.3, -0.25) is 0 Å². The molecule has 2 rings (SSSR count). The molecule has 0 radical (unpaired) electrons. The standard InChI is InChI=1S/C9H12N4O/c1-6-8(7(2)14-13-6)3-11-9-4-10-5-12-9/h4-5,11H,3H2,1-2H3,(H,10,12). The predicted octanol–water partition coefficient (Wildman–Crippen LogP) is 1.63. The number of rotatable bonds is 3. The highest BCUT2D eigenvalue weighted by molar-refractivity contribution is 5.33. The van der Waals surface area contributed by atoms with Crippen LogP contribution in [0.3, 0.4) is 0 Å². The number of imidazole rings is 1. The van der Waals surface area contributed by atoms with Crippen LogP contribution in [0.2, 0.25) is 0 Å². The van der Waals surface area contributed by atoms with E-state index in [9.17, 15) is 0 Å². The molecule has 0 aliphatic rings. The Labute approximate surface area is 81.5 Å². The molecule has 0 aliphatic carbocycles. The molecular formula is C9H12N4O. The zero-order chi connectivity index (χ0) is 9.97. The van der Waals surface area contributed by atoms with Crippen LogP contribution in [0, 0.1) is 13.8 Å². The largest absolute Gasteiger partial charge is 0.366 e. The minimum Gasteiger partial charge on any atom is -0.366 e. The monoisotopic (exact) mass is 192 g/mol. The third-order valence-corrected chi connectivity index (χ3v) is 2.14. The minimum absolute atomic E-state index is 0.698. The molecule has 14 heavy (non-hydrogen) atoms. The Bertz CT molecular complexity index is 385. The molecular weight excluding hydrogens is 180 g/mol. The zero-order valence-corrected chi connectivity index (χ0v) is 8.16. The van der Waals surface area contributed by atoms with Gasteiger partial charge in [-0.2, -0.15) is 0 Å². The first-order chi connectivity index (χ1) is 6.77. The van der Waals surface area contributed by atoms with Crippen LogP contribution < -0.4 is 5.32 Å². The summed E-state index contributed by atoms with van der Waals surface area (Å²) in [5, 5.41) is 7.07. The van der Waals surface area contributed by atoms with Gasteiger partial charge in [0.05, 0.1) is 18.2 Å². The van der Waals surface area contributed by atoms with Crippen molar-refractivity contribution in [3.05, 3.63) is 29.5 Å². The van der Waals surface area contributed by atoms with Crippen LogP contribution >= 0.6 is 0 Å². The number of nitrogens with one attached hydrogen (secondary N) is 2. The fourth-order valence-electron chi connectivity index (χ4n) is 1.29. The minimum atomic E-state index is 0.698. The summed E-state index contributed by atoms with van der Waals surface area (Å²) in [6.45, 7) is 4.54. The highest BCUT2D eigenvalue weighted by atomic mass is 16.5. The fraction of sp³-hybridized carbons (Fsp3) is 0.333. The van der Waals surface area contributed by atoms with E-state index in [1.165, 1.54) is 0 Å². The first-order valence-electron chi connectivity index (χ1n) is 4.41. The maximum absolute atomic E-state index is 5.05. The van der Waals surface area contributed by atoms with Crippen molar-refractivity contribution in [1.29, 1.82) is 0 Å². The maximum atomic E-state index is 5.05. The van der Waals surface area contributed by atoms with E-state index >= 15 is 0 Å². The van der Waals surface area contributed by atoms with E-state index < -0.39 is 0 Å². The van der Waals surface area contributed by atoms with E-state index in [1.54, 1.807) is 12.5 Å². The van der Waals surface area contributed by atoms with Crippen LogP contribution in [-0.2, 0) is 6.54 Å². The van der Waals surface area contributed by atoms with E-state index in [4.69, 9.17) is 4.52 Å². The summed E-state index contributed by atoms with van der Waals surface area (Å²) >= 11 is 0. The van der Waals surface area contributed by atoms with E-state index in [0.717, 1.165) is 22.8 Å². The number of aryl methyl sites for hydroxylation is 2. The van der Waals surface area contributed by atoms with Crippen molar-refractivity contribution in [2.45, 2.75) is 20.4 Å². The Morgan fingerprint density at radius 3 is 2.93 bits per heavy atom. The quantitative estimate of drug-likeness (QED) is 0.775. The molecule has 74 valence electrons. The number of aromatic nitrogens is 3. The van der Waals surface area contributed by atoms with Crippen molar-refractivity contribution >= 4 is 5.82 Å². The molecule has 0 saturated carbocycles. The summed E-state index contributed by atoms with van der Waals surface area (Å²) in [7, 11) is 0. The normalized spacial score (nSPS) is 10.4. The van der Waals surface area contributed by atoms with Gasteiger partial charge < -0.3 is 14.8 Å². The molecule has 2 heterocycles. The van der Waals surface area contributed by atoms with Crippen LogP contribution in [0.25, 0.3) is 0 Å². The smallest absolute Gasteiger partial charge is 0.138 e. The maximum Gasteiger partial charge on any atom is 0.138 e. The second-order valence-electron chi connectivity index (χ2n) is 3.12. The third-order valence-electron chi connectivity index (χ3n) is 2.14. The van der Waals surface area contributed by atoms with Crippen LogP contribution in [-0.4, -0.2) is 15.1 Å². The number of hydrogen-bond acceptors (Lipinski definition) is 4. The first-order valence-corrected chi connectivity index (χ1v) is 4.41. The molecule has 2 N–H and O–H groups in total. The van der Waals surface area contributed by atoms with Crippen LogP contribution in [0.1, 0.15) is 17.0 Å². The van der Waals surface area contributed by atoms with Gasteiger partial charge in [-0.05, 0) is 13.8 Å². The lowest BCUT2D eigenvalue weighted by Crippen LogP contribution is -2.01. The number of hydrogen-bond donors (Lipinski definition) is 2. The molecule has 0 atom stereocenters. The summed E-state index contributed by atoms with van der Waals surface area (Å²) in [5.41, 5.74) is 2.02. The molecule has 0 unspecified atom stereocenters. The highest BCUT2D eigenvalue weighted by Crippen LogP contribution is 2.13. The molecule has 5 nitrogen and oxygen atoms in total. The molecule has 0 fully saturated rings. The summed E-state index contributed by atoms with van der Waals surface area (Å²) in [5.74, 6) is 1.75. The lowest BCUT2D eigenvalue weighted by atomic mass is 10.2. The van der Waals surface area contributed by atoms with Crippen molar-refractivity contribution in [3.63, 3.8) is 0 Å². The predicted molar refractivity (Wildman–Crippen MR) is 51.9 cm³/mol. The third kappa shape index (κ3) is 1.61. The second kappa shape index (κ2) is 3.53. The molecule has 0 saturated heterocycles. The number of nitrogens with zero attached hydrogens (tertiary/aromatic N) is 2. The highest BCUT2D eigenvalue weighted by Gasteiger charge is 2.07. The molecule has 0 aromatic carbocycles. The average Bonchev–Trinajstić information content (AvgIpc) is 2.76. The molecule has 0 bridgehead atoms. The molecule has 0 aliphatic heterocycles. The second-order valence-corrected chi connectivity index (χ2v) is 3.12. The summed E-state index contributed by atoms with van der Waals surface area (Å²) in [6.07, 6.45) is 3.37. The number of aromatic amines is 1.